The van der Waals surface area contributed by atoms with Crippen LogP contribution in [0.25, 0.3) is 0 Å². The van der Waals surface area contributed by atoms with Gasteiger partial charge in [-0.25, -0.2) is 13.2 Å². The molecule has 1 rings (SSSR count). The van der Waals surface area contributed by atoms with E-state index in [9.17, 15) is 13.2 Å². The van der Waals surface area contributed by atoms with Crippen molar-refractivity contribution in [2.24, 2.45) is 0 Å². The first-order chi connectivity index (χ1) is 6.57. The highest BCUT2D eigenvalue weighted by Gasteiger charge is 2.18. The molecule has 14 heavy (non-hydrogen) atoms. The monoisotopic (exact) mass is 201 g/mol. The number of aliphatic hydroxyl groups is 1. The van der Waals surface area contributed by atoms with E-state index in [-0.39, 0.29) is 6.42 Å². The zero-order valence-electron chi connectivity index (χ0n) is 6.97. The summed E-state index contributed by atoms with van der Waals surface area (Å²) in [5.41, 5.74) is -0.412. The quantitative estimate of drug-likeness (QED) is 0.744. The molecule has 0 saturated carbocycles. The fourth-order valence-corrected chi connectivity index (χ4v) is 0.995. The van der Waals surface area contributed by atoms with Crippen LogP contribution in [-0.4, -0.2) is 5.11 Å². The van der Waals surface area contributed by atoms with Crippen LogP contribution in [0.1, 0.15) is 18.1 Å². The predicted octanol–water partition coefficient (Wildman–Crippen LogP) is 2.05. The maximum absolute atomic E-state index is 13.0. The van der Waals surface area contributed by atoms with Crippen molar-refractivity contribution in [2.45, 2.75) is 12.5 Å². The minimum absolute atomic E-state index is 0.373. The molecule has 0 bridgehead atoms. The van der Waals surface area contributed by atoms with Gasteiger partial charge < -0.3 is 5.11 Å². The number of rotatable bonds is 2. The number of benzene rings is 1. The molecule has 0 aromatic heterocycles. The van der Waals surface area contributed by atoms with Gasteiger partial charge in [-0.2, -0.15) is 5.26 Å². The maximum atomic E-state index is 13.0. The smallest absolute Gasteiger partial charge is 0.194 e. The van der Waals surface area contributed by atoms with Crippen LogP contribution in [0.4, 0.5) is 13.2 Å². The molecule has 1 unspecified atom stereocenters. The zero-order valence-corrected chi connectivity index (χ0v) is 6.97. The van der Waals surface area contributed by atoms with Gasteiger partial charge >= 0.3 is 0 Å². The van der Waals surface area contributed by atoms with Gasteiger partial charge in [-0.1, -0.05) is 6.07 Å². The van der Waals surface area contributed by atoms with E-state index in [1.165, 1.54) is 0 Å². The third-order valence-electron chi connectivity index (χ3n) is 1.71. The second kappa shape index (κ2) is 4.11. The Morgan fingerprint density at radius 1 is 1.29 bits per heavy atom. The summed E-state index contributed by atoms with van der Waals surface area (Å²) < 4.78 is 38.0. The van der Waals surface area contributed by atoms with E-state index < -0.39 is 29.1 Å². The van der Waals surface area contributed by atoms with E-state index in [2.05, 4.69) is 0 Å². The molecule has 0 amide bonds. The molecule has 0 aliphatic rings. The summed E-state index contributed by atoms with van der Waals surface area (Å²) in [6.07, 6.45) is -1.81. The first kappa shape index (κ1) is 10.5. The van der Waals surface area contributed by atoms with E-state index in [1.807, 2.05) is 0 Å². The Bertz CT molecular complexity index is 386. The van der Waals surface area contributed by atoms with Gasteiger partial charge in [0, 0.05) is 5.56 Å². The Morgan fingerprint density at radius 2 is 1.93 bits per heavy atom. The summed E-state index contributed by atoms with van der Waals surface area (Å²) in [7, 11) is 0. The Labute approximate surface area is 78.2 Å². The van der Waals surface area contributed by atoms with Crippen LogP contribution in [-0.2, 0) is 0 Å². The van der Waals surface area contributed by atoms with Crippen LogP contribution in [0.5, 0.6) is 0 Å². The number of hydrogen-bond acceptors (Lipinski definition) is 2. The van der Waals surface area contributed by atoms with E-state index in [0.717, 1.165) is 6.07 Å². The molecule has 0 aliphatic heterocycles. The Kier molecular flexibility index (Phi) is 3.10. The summed E-state index contributed by atoms with van der Waals surface area (Å²) in [6, 6.07) is 3.21. The molecule has 0 aliphatic carbocycles. The summed E-state index contributed by atoms with van der Waals surface area (Å²) in [5.74, 6) is -4.41. The lowest BCUT2D eigenvalue weighted by Crippen LogP contribution is -2.03. The van der Waals surface area contributed by atoms with Gasteiger partial charge in [-0.15, -0.1) is 0 Å². The van der Waals surface area contributed by atoms with Gasteiger partial charge in [0.05, 0.1) is 18.6 Å². The van der Waals surface area contributed by atoms with E-state index in [0.29, 0.717) is 6.07 Å². The van der Waals surface area contributed by atoms with E-state index >= 15 is 0 Å². The Balaban J connectivity index is 3.12. The van der Waals surface area contributed by atoms with E-state index in [4.69, 9.17) is 10.4 Å². The number of nitriles is 1. The summed E-state index contributed by atoms with van der Waals surface area (Å²) in [6.45, 7) is 0. The van der Waals surface area contributed by atoms with Crippen LogP contribution in [0, 0.1) is 28.8 Å². The standard InChI is InChI=1S/C9H6F3NO/c10-6-2-1-5(7(14)3-4-13)8(11)9(6)12/h1-2,7,14H,3H2. The lowest BCUT2D eigenvalue weighted by molar-refractivity contribution is 0.176. The number of aliphatic hydroxyl groups excluding tert-OH is 1. The van der Waals surface area contributed by atoms with Gasteiger partial charge in [0.1, 0.15) is 0 Å². The first-order valence-corrected chi connectivity index (χ1v) is 3.76. The highest BCUT2D eigenvalue weighted by molar-refractivity contribution is 5.23. The highest BCUT2D eigenvalue weighted by atomic mass is 19.2. The SMILES string of the molecule is N#CCC(O)c1ccc(F)c(F)c1F. The van der Waals surface area contributed by atoms with Crippen LogP contribution >= 0.6 is 0 Å². The molecule has 0 fully saturated rings. The maximum Gasteiger partial charge on any atom is 0.194 e. The Hall–Kier alpha value is -1.54. The molecule has 0 saturated heterocycles. The van der Waals surface area contributed by atoms with Gasteiger partial charge in [0.2, 0.25) is 0 Å². The van der Waals surface area contributed by atoms with Crippen molar-refractivity contribution in [1.82, 2.24) is 0 Å². The lowest BCUT2D eigenvalue weighted by Gasteiger charge is -2.08. The van der Waals surface area contributed by atoms with Crippen LogP contribution in [0.3, 0.4) is 0 Å². The topological polar surface area (TPSA) is 44.0 Å². The molecule has 2 nitrogen and oxygen atoms in total. The third kappa shape index (κ3) is 1.86. The van der Waals surface area contributed by atoms with Crippen molar-refractivity contribution in [3.63, 3.8) is 0 Å². The normalized spacial score (nSPS) is 12.2. The molecule has 1 aromatic carbocycles. The molecular formula is C9H6F3NO. The van der Waals surface area contributed by atoms with Crippen molar-refractivity contribution >= 4 is 0 Å². The minimum atomic E-state index is -1.64. The van der Waals surface area contributed by atoms with Crippen LogP contribution in [0.15, 0.2) is 12.1 Å². The lowest BCUT2D eigenvalue weighted by atomic mass is 10.1. The van der Waals surface area contributed by atoms with Gasteiger partial charge in [-0.05, 0) is 6.07 Å². The molecule has 1 atom stereocenters. The summed E-state index contributed by atoms with van der Waals surface area (Å²) in [5, 5.41) is 17.4. The molecule has 0 heterocycles. The van der Waals surface area contributed by atoms with E-state index in [1.54, 1.807) is 6.07 Å². The molecule has 0 radical (unpaired) electrons. The average molecular weight is 201 g/mol. The van der Waals surface area contributed by atoms with Crippen molar-refractivity contribution < 1.29 is 18.3 Å². The largest absolute Gasteiger partial charge is 0.387 e. The molecule has 0 spiro atoms. The number of hydrogen-bond donors (Lipinski definition) is 1. The summed E-state index contributed by atoms with van der Waals surface area (Å²) in [4.78, 5) is 0. The third-order valence-corrected chi connectivity index (χ3v) is 1.71. The second-order valence-corrected chi connectivity index (χ2v) is 2.64. The van der Waals surface area contributed by atoms with Crippen LogP contribution < -0.4 is 0 Å². The fourth-order valence-electron chi connectivity index (χ4n) is 0.995. The van der Waals surface area contributed by atoms with Crippen molar-refractivity contribution in [1.29, 1.82) is 5.26 Å². The van der Waals surface area contributed by atoms with Crippen molar-refractivity contribution in [3.05, 3.63) is 35.1 Å². The summed E-state index contributed by atoms with van der Waals surface area (Å²) >= 11 is 0. The molecule has 1 N–H and O–H groups in total. The molecule has 1 aromatic rings. The average Bonchev–Trinajstić information content (AvgIpc) is 2.15. The molecular weight excluding hydrogens is 195 g/mol. The van der Waals surface area contributed by atoms with Crippen molar-refractivity contribution in [2.75, 3.05) is 0 Å². The fraction of sp³-hybridized carbons (Fsp3) is 0.222. The first-order valence-electron chi connectivity index (χ1n) is 3.76. The van der Waals surface area contributed by atoms with Crippen molar-refractivity contribution in [3.8, 4) is 6.07 Å². The van der Waals surface area contributed by atoms with Gasteiger partial charge in [-0.3, -0.25) is 0 Å². The minimum Gasteiger partial charge on any atom is -0.387 e. The number of halogens is 3. The van der Waals surface area contributed by atoms with Gasteiger partial charge in [0.15, 0.2) is 17.5 Å². The number of nitrogens with zero attached hydrogens (tertiary/aromatic N) is 1. The second-order valence-electron chi connectivity index (χ2n) is 2.64. The Morgan fingerprint density at radius 3 is 2.50 bits per heavy atom. The van der Waals surface area contributed by atoms with Crippen LogP contribution in [0.2, 0.25) is 0 Å². The predicted molar refractivity (Wildman–Crippen MR) is 41.5 cm³/mol. The highest BCUT2D eigenvalue weighted by Crippen LogP contribution is 2.22. The van der Waals surface area contributed by atoms with Gasteiger partial charge in [0.25, 0.3) is 0 Å². The molecule has 74 valence electrons. The molecule has 5 heteroatoms. The zero-order chi connectivity index (χ0) is 10.7.